The predicted octanol–water partition coefficient (Wildman–Crippen LogP) is 7.06. The summed E-state index contributed by atoms with van der Waals surface area (Å²) in [6, 6.07) is 16.4. The van der Waals surface area contributed by atoms with E-state index in [4.69, 9.17) is 27.9 Å². The number of nitrogens with one attached hydrogen (secondary N) is 1. The summed E-state index contributed by atoms with van der Waals surface area (Å²) in [6.45, 7) is 5.24. The summed E-state index contributed by atoms with van der Waals surface area (Å²) in [4.78, 5) is 49.9. The topological polar surface area (TPSA) is 145 Å². The Morgan fingerprint density at radius 2 is 1.90 bits per heavy atom. The van der Waals surface area contributed by atoms with Gasteiger partial charge in [0.25, 0.3) is 11.2 Å². The molecule has 0 unspecified atom stereocenters. The van der Waals surface area contributed by atoms with Gasteiger partial charge in [0.1, 0.15) is 0 Å². The molecule has 3 heterocycles. The van der Waals surface area contributed by atoms with Gasteiger partial charge in [-0.1, -0.05) is 52.7 Å². The molecular formula is C33H26Cl2N6O5S3. The molecule has 0 aliphatic carbocycles. The molecule has 1 atom stereocenters. The first-order chi connectivity index (χ1) is 23.4. The lowest BCUT2D eigenvalue weighted by Gasteiger charge is -2.25. The highest BCUT2D eigenvalue weighted by atomic mass is 35.5. The SMILES string of the molecule is CSc1ccc([C@@H]2C(C(=O)OC(C)C)=C(C)N=c3s/c(=C\c4ccc(Sc5n[nH]c(-c6ccc(Cl)cc6Cl)n5)c([N+](=O)[O-])c4)c(=O)n32)cc1. The van der Waals surface area contributed by atoms with Gasteiger partial charge in [0.05, 0.1) is 42.8 Å². The van der Waals surface area contributed by atoms with Crippen molar-refractivity contribution in [2.45, 2.75) is 47.9 Å². The fourth-order valence-corrected chi connectivity index (χ4v) is 7.91. The Morgan fingerprint density at radius 3 is 2.57 bits per heavy atom. The average molecular weight is 754 g/mol. The lowest BCUT2D eigenvalue weighted by Crippen LogP contribution is -2.40. The van der Waals surface area contributed by atoms with Crippen molar-refractivity contribution in [3.8, 4) is 11.4 Å². The van der Waals surface area contributed by atoms with Crippen molar-refractivity contribution in [3.05, 3.63) is 123 Å². The van der Waals surface area contributed by atoms with Crippen molar-refractivity contribution in [2.75, 3.05) is 6.26 Å². The zero-order valence-corrected chi connectivity index (χ0v) is 30.2. The lowest BCUT2D eigenvalue weighted by atomic mass is 9.96. The van der Waals surface area contributed by atoms with E-state index in [1.54, 1.807) is 68.9 Å². The molecule has 6 rings (SSSR count). The third kappa shape index (κ3) is 7.24. The second-order valence-electron chi connectivity index (χ2n) is 11.0. The van der Waals surface area contributed by atoms with Crippen molar-refractivity contribution < 1.29 is 14.5 Å². The van der Waals surface area contributed by atoms with E-state index >= 15 is 0 Å². The Morgan fingerprint density at radius 1 is 1.14 bits per heavy atom. The lowest BCUT2D eigenvalue weighted by molar-refractivity contribution is -0.387. The number of nitro benzene ring substituents is 1. The molecule has 3 aromatic carbocycles. The van der Waals surface area contributed by atoms with Crippen LogP contribution in [0.1, 0.15) is 37.9 Å². The number of carbonyl (C=O) groups is 1. The first kappa shape index (κ1) is 34.6. The molecule has 1 N–H and O–H groups in total. The summed E-state index contributed by atoms with van der Waals surface area (Å²) in [5, 5.41) is 20.3. The number of H-pyrrole nitrogens is 1. The second kappa shape index (κ2) is 14.3. The minimum atomic E-state index is -0.775. The van der Waals surface area contributed by atoms with Gasteiger partial charge in [0, 0.05) is 21.5 Å². The summed E-state index contributed by atoms with van der Waals surface area (Å²) in [7, 11) is 0. The maximum Gasteiger partial charge on any atom is 0.338 e. The van der Waals surface area contributed by atoms with E-state index in [1.165, 1.54) is 10.6 Å². The van der Waals surface area contributed by atoms with Gasteiger partial charge in [-0.25, -0.2) is 14.8 Å². The van der Waals surface area contributed by atoms with Crippen LogP contribution in [-0.4, -0.2) is 43.0 Å². The number of thioether (sulfide) groups is 1. The predicted molar refractivity (Wildman–Crippen MR) is 192 cm³/mol. The number of fused-ring (bicyclic) bond motifs is 1. The van der Waals surface area contributed by atoms with Gasteiger partial charge in [-0.2, -0.15) is 0 Å². The number of allylic oxidation sites excluding steroid dienone is 1. The standard InChI is InChI=1S/C33H26Cl2N6O5S3/c1-16(2)46-31(43)27-17(3)36-33-40(28(27)19-6-9-21(47-4)10-7-19)30(42)26(49-33)14-18-5-12-25(24(13-18)41(44)45)48-32-37-29(38-39-32)22-11-8-20(34)15-23(22)35/h5-16,28H,1-4H3,(H,37,38,39)/b26-14-/t28-/m1/s1. The first-order valence-corrected chi connectivity index (χ1v) is 18.3. The Bertz CT molecular complexity index is 2330. The summed E-state index contributed by atoms with van der Waals surface area (Å²) in [5.74, 6) is -0.170. The molecule has 250 valence electrons. The fraction of sp³-hybridized carbons (Fsp3) is 0.182. The van der Waals surface area contributed by atoms with Gasteiger partial charge in [0.15, 0.2) is 10.6 Å². The molecule has 5 aromatic rings. The van der Waals surface area contributed by atoms with E-state index < -0.39 is 16.9 Å². The number of hydrogen-bond donors (Lipinski definition) is 1. The molecule has 0 amide bonds. The first-order valence-electron chi connectivity index (χ1n) is 14.6. The number of nitrogens with zero attached hydrogens (tertiary/aromatic N) is 5. The second-order valence-corrected chi connectivity index (χ2v) is 14.7. The summed E-state index contributed by atoms with van der Waals surface area (Å²) in [6.07, 6.45) is 3.17. The molecule has 0 fully saturated rings. The molecule has 2 aromatic heterocycles. The number of halogens is 2. The highest BCUT2D eigenvalue weighted by Crippen LogP contribution is 2.36. The van der Waals surface area contributed by atoms with E-state index in [-0.39, 0.29) is 28.1 Å². The van der Waals surface area contributed by atoms with Crippen LogP contribution in [0.4, 0.5) is 5.69 Å². The van der Waals surface area contributed by atoms with Crippen molar-refractivity contribution >= 4 is 75.8 Å². The number of benzene rings is 3. The van der Waals surface area contributed by atoms with Crippen molar-refractivity contribution in [1.82, 2.24) is 19.7 Å². The Labute approximate surface area is 301 Å². The van der Waals surface area contributed by atoms with Gasteiger partial charge in [-0.3, -0.25) is 24.6 Å². The van der Waals surface area contributed by atoms with Crippen LogP contribution in [0.25, 0.3) is 17.5 Å². The third-order valence-electron chi connectivity index (χ3n) is 7.35. The minimum Gasteiger partial charge on any atom is -0.459 e. The summed E-state index contributed by atoms with van der Waals surface area (Å²) in [5.41, 5.74) is 1.87. The molecule has 0 radical (unpaired) electrons. The molecular weight excluding hydrogens is 728 g/mol. The van der Waals surface area contributed by atoms with Gasteiger partial charge in [-0.15, -0.1) is 16.9 Å². The zero-order valence-electron chi connectivity index (χ0n) is 26.3. The van der Waals surface area contributed by atoms with Crippen molar-refractivity contribution in [1.29, 1.82) is 0 Å². The van der Waals surface area contributed by atoms with Crippen LogP contribution in [0.3, 0.4) is 0 Å². The number of ether oxygens (including phenoxy) is 1. The monoisotopic (exact) mass is 752 g/mol. The molecule has 11 nitrogen and oxygen atoms in total. The average Bonchev–Trinajstić information content (AvgIpc) is 3.64. The number of hydrogen-bond acceptors (Lipinski definition) is 11. The Kier molecular flexibility index (Phi) is 10.1. The minimum absolute atomic E-state index is 0.191. The summed E-state index contributed by atoms with van der Waals surface area (Å²) < 4.78 is 7.35. The zero-order chi connectivity index (χ0) is 35.0. The normalized spacial score (nSPS) is 14.6. The van der Waals surface area contributed by atoms with E-state index in [2.05, 4.69) is 20.2 Å². The maximum atomic E-state index is 14.0. The smallest absolute Gasteiger partial charge is 0.338 e. The maximum absolute atomic E-state index is 14.0. The van der Waals surface area contributed by atoms with E-state index in [0.29, 0.717) is 46.9 Å². The highest BCUT2D eigenvalue weighted by molar-refractivity contribution is 7.99. The van der Waals surface area contributed by atoms with Crippen molar-refractivity contribution in [2.24, 2.45) is 4.99 Å². The molecule has 16 heteroatoms. The van der Waals surface area contributed by atoms with Gasteiger partial charge in [0.2, 0.25) is 5.16 Å². The van der Waals surface area contributed by atoms with Crippen LogP contribution in [0.15, 0.2) is 96.7 Å². The number of aromatic amines is 1. The van der Waals surface area contributed by atoms with Gasteiger partial charge >= 0.3 is 5.97 Å². The van der Waals surface area contributed by atoms with Crippen LogP contribution >= 0.6 is 58.1 Å². The quantitative estimate of drug-likeness (QED) is 0.0724. The summed E-state index contributed by atoms with van der Waals surface area (Å²) >= 11 is 16.0. The van der Waals surface area contributed by atoms with Crippen LogP contribution in [0.2, 0.25) is 10.0 Å². The molecule has 0 saturated carbocycles. The van der Waals surface area contributed by atoms with Crippen LogP contribution in [-0.2, 0) is 9.53 Å². The number of carbonyl (C=O) groups excluding carboxylic acids is 1. The largest absolute Gasteiger partial charge is 0.459 e. The third-order valence-corrected chi connectivity index (χ3v) is 10.6. The van der Waals surface area contributed by atoms with Crippen LogP contribution < -0.4 is 14.9 Å². The Balaban J connectivity index is 1.38. The Hall–Kier alpha value is -4.21. The highest BCUT2D eigenvalue weighted by Gasteiger charge is 2.34. The number of rotatable bonds is 9. The number of nitro groups is 1. The van der Waals surface area contributed by atoms with Crippen LogP contribution in [0, 0.1) is 10.1 Å². The molecule has 0 bridgehead atoms. The number of esters is 1. The molecule has 0 saturated heterocycles. The molecule has 0 spiro atoms. The van der Waals surface area contributed by atoms with E-state index in [0.717, 1.165) is 33.6 Å². The molecule has 1 aliphatic rings. The van der Waals surface area contributed by atoms with E-state index in [9.17, 15) is 19.7 Å². The molecule has 1 aliphatic heterocycles. The number of aromatic nitrogens is 4. The van der Waals surface area contributed by atoms with E-state index in [1.807, 2.05) is 30.5 Å². The van der Waals surface area contributed by atoms with Gasteiger partial charge < -0.3 is 4.74 Å². The molecule has 49 heavy (non-hydrogen) atoms. The number of thiazole rings is 1. The fourth-order valence-electron chi connectivity index (χ4n) is 5.16. The van der Waals surface area contributed by atoms with Crippen molar-refractivity contribution in [3.63, 3.8) is 0 Å². The van der Waals surface area contributed by atoms with Gasteiger partial charge in [-0.05, 0) is 92.4 Å². The van der Waals surface area contributed by atoms with Crippen LogP contribution in [0.5, 0.6) is 0 Å².